The summed E-state index contributed by atoms with van der Waals surface area (Å²) in [4.78, 5) is 16.1. The van der Waals surface area contributed by atoms with Crippen LogP contribution in [0, 0.1) is 24.2 Å². The molecule has 1 amide bonds. The minimum atomic E-state index is -4.55. The summed E-state index contributed by atoms with van der Waals surface area (Å²) in [6, 6.07) is 1.98. The molecule has 2 fully saturated rings. The number of amides is 1. The number of rotatable bonds is 9. The lowest BCUT2D eigenvalue weighted by Gasteiger charge is -2.48. The number of hydrogen-bond acceptors (Lipinski definition) is 4. The molecule has 1 heterocycles. The van der Waals surface area contributed by atoms with Crippen LogP contribution in [0.4, 0.5) is 13.2 Å². The maximum Gasteiger partial charge on any atom is 0.433 e. The van der Waals surface area contributed by atoms with Crippen molar-refractivity contribution in [3.63, 3.8) is 0 Å². The Hall–Kier alpha value is -1.64. The molecule has 1 aromatic rings. The van der Waals surface area contributed by atoms with Crippen molar-refractivity contribution in [2.45, 2.75) is 58.5 Å². The summed E-state index contributed by atoms with van der Waals surface area (Å²) in [5, 5.41) is 2.87. The standard InChI is InChI=1S/C21H29F3N2O3S/c1-3-8-30(28,29)12-16-10-20(11-16,9-15-4-5-15)13-25-19(27)17-6-7-18(21(22,23)24)26-14(17)2/h6-7,15-16H,3-5,8-13H2,1-2H3,(H,25,27)/t16-,20+. The van der Waals surface area contributed by atoms with E-state index in [0.29, 0.717) is 18.9 Å². The molecule has 1 aromatic heterocycles. The Labute approximate surface area is 175 Å². The van der Waals surface area contributed by atoms with Crippen LogP contribution in [-0.4, -0.2) is 37.4 Å². The highest BCUT2D eigenvalue weighted by Gasteiger charge is 2.48. The molecule has 5 nitrogen and oxygen atoms in total. The van der Waals surface area contributed by atoms with E-state index in [1.165, 1.54) is 6.92 Å². The van der Waals surface area contributed by atoms with E-state index >= 15 is 0 Å². The van der Waals surface area contributed by atoms with Crippen LogP contribution in [-0.2, 0) is 16.0 Å². The van der Waals surface area contributed by atoms with E-state index in [0.717, 1.165) is 44.2 Å². The Morgan fingerprint density at radius 3 is 2.43 bits per heavy atom. The van der Waals surface area contributed by atoms with Gasteiger partial charge in [-0.25, -0.2) is 13.4 Å². The summed E-state index contributed by atoms with van der Waals surface area (Å²) in [5.74, 6) is 0.710. The van der Waals surface area contributed by atoms with Crippen molar-refractivity contribution < 1.29 is 26.4 Å². The second-order valence-electron chi connectivity index (χ2n) is 9.05. The van der Waals surface area contributed by atoms with Gasteiger partial charge < -0.3 is 5.32 Å². The average molecular weight is 447 g/mol. The molecule has 9 heteroatoms. The van der Waals surface area contributed by atoms with E-state index in [1.54, 1.807) is 0 Å². The first-order valence-corrected chi connectivity index (χ1v) is 12.3. The summed E-state index contributed by atoms with van der Waals surface area (Å²) in [5.41, 5.74) is -0.963. The van der Waals surface area contributed by atoms with Gasteiger partial charge in [0.2, 0.25) is 0 Å². The molecule has 2 saturated carbocycles. The smallest absolute Gasteiger partial charge is 0.351 e. The number of aryl methyl sites for hydroxylation is 1. The number of nitrogens with one attached hydrogen (secondary N) is 1. The molecule has 0 radical (unpaired) electrons. The summed E-state index contributed by atoms with van der Waals surface area (Å²) < 4.78 is 62.6. The van der Waals surface area contributed by atoms with Crippen LogP contribution < -0.4 is 5.32 Å². The molecule has 0 aromatic carbocycles. The van der Waals surface area contributed by atoms with Crippen LogP contribution in [0.15, 0.2) is 12.1 Å². The number of carbonyl (C=O) groups excluding carboxylic acids is 1. The van der Waals surface area contributed by atoms with Gasteiger partial charge in [-0.3, -0.25) is 4.79 Å². The lowest BCUT2D eigenvalue weighted by molar-refractivity contribution is -0.141. The third kappa shape index (κ3) is 5.74. The van der Waals surface area contributed by atoms with E-state index < -0.39 is 27.6 Å². The third-order valence-corrected chi connectivity index (χ3v) is 8.12. The number of halogens is 3. The lowest BCUT2D eigenvalue weighted by Crippen LogP contribution is -2.48. The fraction of sp³-hybridized carbons (Fsp3) is 0.714. The Balaban J connectivity index is 1.61. The number of aromatic nitrogens is 1. The normalized spacial score (nSPS) is 24.4. The predicted molar refractivity (Wildman–Crippen MR) is 108 cm³/mol. The zero-order chi connectivity index (χ0) is 22.2. The maximum absolute atomic E-state index is 12.8. The number of pyridine rings is 1. The zero-order valence-corrected chi connectivity index (χ0v) is 18.2. The number of hydrogen-bond donors (Lipinski definition) is 1. The molecule has 2 aliphatic carbocycles. The van der Waals surface area contributed by atoms with Crippen molar-refractivity contribution >= 4 is 15.7 Å². The molecule has 1 N–H and O–H groups in total. The molecule has 0 saturated heterocycles. The topological polar surface area (TPSA) is 76.1 Å². The van der Waals surface area contributed by atoms with Gasteiger partial charge in [-0.15, -0.1) is 0 Å². The fourth-order valence-corrected chi connectivity index (χ4v) is 6.42. The Bertz CT molecular complexity index is 889. The third-order valence-electron chi connectivity index (χ3n) is 6.11. The van der Waals surface area contributed by atoms with Gasteiger partial charge in [0.15, 0.2) is 9.84 Å². The summed E-state index contributed by atoms with van der Waals surface area (Å²) in [6.45, 7) is 3.65. The van der Waals surface area contributed by atoms with Crippen molar-refractivity contribution in [3.05, 3.63) is 29.1 Å². The van der Waals surface area contributed by atoms with Gasteiger partial charge in [0, 0.05) is 12.3 Å². The zero-order valence-electron chi connectivity index (χ0n) is 17.4. The first-order chi connectivity index (χ1) is 13.9. The highest BCUT2D eigenvalue weighted by Crippen LogP contribution is 2.53. The average Bonchev–Trinajstić information content (AvgIpc) is 3.40. The van der Waals surface area contributed by atoms with Crippen LogP contribution in [0.1, 0.15) is 67.2 Å². The molecular formula is C21H29F3N2O3S. The van der Waals surface area contributed by atoms with E-state index in [2.05, 4.69) is 10.3 Å². The van der Waals surface area contributed by atoms with E-state index in [-0.39, 0.29) is 34.1 Å². The molecule has 0 aliphatic heterocycles. The first-order valence-electron chi connectivity index (χ1n) is 10.5. The maximum atomic E-state index is 12.8. The number of sulfone groups is 1. The molecular weight excluding hydrogens is 417 g/mol. The molecule has 0 atom stereocenters. The number of alkyl halides is 3. The van der Waals surface area contributed by atoms with Gasteiger partial charge in [0.25, 0.3) is 5.91 Å². The van der Waals surface area contributed by atoms with Gasteiger partial charge in [-0.1, -0.05) is 19.8 Å². The second-order valence-corrected chi connectivity index (χ2v) is 11.3. The Morgan fingerprint density at radius 2 is 1.90 bits per heavy atom. The van der Waals surface area contributed by atoms with Crippen molar-refractivity contribution in [1.29, 1.82) is 0 Å². The largest absolute Gasteiger partial charge is 0.433 e. The van der Waals surface area contributed by atoms with Crippen LogP contribution in [0.2, 0.25) is 0 Å². The number of carbonyl (C=O) groups is 1. The fourth-order valence-electron chi connectivity index (χ4n) is 4.68. The quantitative estimate of drug-likeness (QED) is 0.618. The van der Waals surface area contributed by atoms with E-state index in [4.69, 9.17) is 0 Å². The molecule has 0 spiro atoms. The van der Waals surface area contributed by atoms with E-state index in [1.807, 2.05) is 6.92 Å². The van der Waals surface area contributed by atoms with Crippen LogP contribution >= 0.6 is 0 Å². The second kappa shape index (κ2) is 8.48. The van der Waals surface area contributed by atoms with Crippen molar-refractivity contribution in [1.82, 2.24) is 10.3 Å². The molecule has 0 bridgehead atoms. The molecule has 3 rings (SSSR count). The lowest BCUT2D eigenvalue weighted by atomic mass is 9.60. The van der Waals surface area contributed by atoms with Gasteiger partial charge in [-0.2, -0.15) is 13.2 Å². The summed E-state index contributed by atoms with van der Waals surface area (Å²) >= 11 is 0. The Morgan fingerprint density at radius 1 is 1.23 bits per heavy atom. The number of nitrogens with zero attached hydrogens (tertiary/aromatic N) is 1. The minimum Gasteiger partial charge on any atom is -0.351 e. The molecule has 2 aliphatic rings. The Kier molecular flexibility index (Phi) is 6.51. The van der Waals surface area contributed by atoms with Gasteiger partial charge >= 0.3 is 6.18 Å². The van der Waals surface area contributed by atoms with Crippen LogP contribution in [0.5, 0.6) is 0 Å². The minimum absolute atomic E-state index is 0.0377. The SMILES string of the molecule is CCCS(=O)(=O)C[C@H]1C[C@](CNC(=O)c2ccc(C(F)(F)F)nc2C)(CC2CC2)C1. The summed E-state index contributed by atoms with van der Waals surface area (Å²) in [6.07, 6.45) is 0.870. The van der Waals surface area contributed by atoms with Crippen LogP contribution in [0.25, 0.3) is 0 Å². The molecule has 30 heavy (non-hydrogen) atoms. The van der Waals surface area contributed by atoms with Gasteiger partial charge in [0.1, 0.15) is 5.69 Å². The molecule has 0 unspecified atom stereocenters. The van der Waals surface area contributed by atoms with Crippen molar-refractivity contribution in [2.75, 3.05) is 18.1 Å². The summed E-state index contributed by atoms with van der Waals surface area (Å²) in [7, 11) is -3.04. The van der Waals surface area contributed by atoms with Crippen molar-refractivity contribution in [3.8, 4) is 0 Å². The monoisotopic (exact) mass is 446 g/mol. The van der Waals surface area contributed by atoms with Gasteiger partial charge in [0.05, 0.1) is 17.0 Å². The van der Waals surface area contributed by atoms with Crippen molar-refractivity contribution in [2.24, 2.45) is 17.3 Å². The molecule has 168 valence electrons. The van der Waals surface area contributed by atoms with Gasteiger partial charge in [-0.05, 0) is 62.0 Å². The highest BCUT2D eigenvalue weighted by molar-refractivity contribution is 7.91. The van der Waals surface area contributed by atoms with Crippen LogP contribution in [0.3, 0.4) is 0 Å². The predicted octanol–water partition coefficient (Wildman–Crippen LogP) is 4.16. The first kappa shape index (κ1) is 23.0. The highest BCUT2D eigenvalue weighted by atomic mass is 32.2. The van der Waals surface area contributed by atoms with E-state index in [9.17, 15) is 26.4 Å².